The molecule has 2 fully saturated rings. The molecule has 2 aliphatic rings. The van der Waals surface area contributed by atoms with E-state index in [4.69, 9.17) is 9.47 Å². The number of piperidine rings is 2. The minimum atomic E-state index is -3.24. The molecular formula is C37H42F2N6O6S3. The van der Waals surface area contributed by atoms with Gasteiger partial charge in [-0.05, 0) is 99.8 Å². The Morgan fingerprint density at radius 2 is 1.20 bits per heavy atom. The van der Waals surface area contributed by atoms with Gasteiger partial charge in [0.2, 0.25) is 21.8 Å². The number of carbonyl (C=O) groups is 2. The molecule has 0 unspecified atom stereocenters. The molecule has 2 aromatic carbocycles. The van der Waals surface area contributed by atoms with Gasteiger partial charge in [-0.1, -0.05) is 12.1 Å². The first kappa shape index (κ1) is 40.9. The standard InChI is InChI=1S/C19H22FN3O4S2.C18H20FN3O2S/c1-28-16-5-3-4-15(11-16)27-19-17(10-13(20)12-21-19)18(24)22-14-6-8-23(9-7-14)29(2,25)26;1-25-15-4-2-3-14(10-15)24-18-16(9-12(19)11-21-18)17(23)22-13-5-7-20-8-6-13/h3-5,10-12,14H,6-9H2,1-2H3,(H,22,24);2-4,9-11,13,20H,5-8H2,1H3,(H,22,23). The number of benzene rings is 2. The van der Waals surface area contributed by atoms with E-state index in [-0.39, 0.29) is 40.9 Å². The molecular weight excluding hydrogens is 759 g/mol. The molecule has 2 amide bonds. The van der Waals surface area contributed by atoms with Crippen LogP contribution in [0.4, 0.5) is 8.78 Å². The van der Waals surface area contributed by atoms with Crippen LogP contribution in [-0.2, 0) is 10.0 Å². The first-order chi connectivity index (χ1) is 25.9. The van der Waals surface area contributed by atoms with Crippen molar-refractivity contribution in [2.75, 3.05) is 44.9 Å². The van der Waals surface area contributed by atoms with Gasteiger partial charge in [0.15, 0.2) is 0 Å². The molecule has 0 saturated carbocycles. The van der Waals surface area contributed by atoms with Crippen LogP contribution >= 0.6 is 23.5 Å². The molecule has 17 heteroatoms. The van der Waals surface area contributed by atoms with Crippen LogP contribution < -0.4 is 25.4 Å². The van der Waals surface area contributed by atoms with Crippen molar-refractivity contribution in [3.63, 3.8) is 0 Å². The third-order valence-corrected chi connectivity index (χ3v) is 11.3. The number of thioether (sulfide) groups is 2. The highest BCUT2D eigenvalue weighted by Gasteiger charge is 2.27. The van der Waals surface area contributed by atoms with E-state index in [9.17, 15) is 26.8 Å². The summed E-state index contributed by atoms with van der Waals surface area (Å²) in [5, 5.41) is 9.01. The number of hydrogen-bond donors (Lipinski definition) is 3. The molecule has 12 nitrogen and oxygen atoms in total. The Labute approximate surface area is 322 Å². The van der Waals surface area contributed by atoms with Gasteiger partial charge in [-0.2, -0.15) is 0 Å². The number of sulfonamides is 1. The molecule has 4 aromatic rings. The van der Waals surface area contributed by atoms with Crippen LogP contribution in [0.2, 0.25) is 0 Å². The molecule has 2 saturated heterocycles. The minimum absolute atomic E-state index is 0.00917. The SMILES string of the molecule is CSc1cccc(Oc2ncc(F)cc2C(=O)NC2CCN(S(C)(=O)=O)CC2)c1.CSc1cccc(Oc2ncc(F)cc2C(=O)NC2CCNCC2)c1. The smallest absolute Gasteiger partial charge is 0.257 e. The Bertz CT molecular complexity index is 2030. The molecule has 2 aromatic heterocycles. The van der Waals surface area contributed by atoms with E-state index in [2.05, 4.69) is 25.9 Å². The number of carbonyl (C=O) groups excluding carboxylic acids is 2. The Morgan fingerprint density at radius 1 is 0.759 bits per heavy atom. The van der Waals surface area contributed by atoms with Gasteiger partial charge in [-0.15, -0.1) is 23.5 Å². The highest BCUT2D eigenvalue weighted by molar-refractivity contribution is 7.98. The lowest BCUT2D eigenvalue weighted by Gasteiger charge is -2.30. The number of rotatable bonds is 11. The van der Waals surface area contributed by atoms with E-state index in [1.54, 1.807) is 41.7 Å². The van der Waals surface area contributed by atoms with Gasteiger partial charge in [-0.25, -0.2) is 31.5 Å². The van der Waals surface area contributed by atoms with E-state index in [1.807, 2.05) is 42.8 Å². The van der Waals surface area contributed by atoms with E-state index < -0.39 is 27.6 Å². The van der Waals surface area contributed by atoms with Gasteiger partial charge in [-0.3, -0.25) is 9.59 Å². The second kappa shape index (κ2) is 19.3. The van der Waals surface area contributed by atoms with Crippen molar-refractivity contribution in [1.82, 2.24) is 30.2 Å². The van der Waals surface area contributed by atoms with Gasteiger partial charge < -0.3 is 25.4 Å². The van der Waals surface area contributed by atoms with Crippen LogP contribution in [0.5, 0.6) is 23.3 Å². The average Bonchev–Trinajstić information content (AvgIpc) is 3.17. The van der Waals surface area contributed by atoms with Crippen molar-refractivity contribution >= 4 is 45.4 Å². The predicted octanol–water partition coefficient (Wildman–Crippen LogP) is 6.11. The number of halogens is 2. The van der Waals surface area contributed by atoms with Crippen molar-refractivity contribution in [2.24, 2.45) is 0 Å². The van der Waals surface area contributed by atoms with Gasteiger partial charge in [0.1, 0.15) is 34.3 Å². The maximum Gasteiger partial charge on any atom is 0.257 e. The molecule has 3 N–H and O–H groups in total. The first-order valence-corrected chi connectivity index (χ1v) is 21.4. The van der Waals surface area contributed by atoms with Crippen molar-refractivity contribution in [3.05, 3.63) is 95.8 Å². The first-order valence-electron chi connectivity index (χ1n) is 17.1. The van der Waals surface area contributed by atoms with E-state index >= 15 is 0 Å². The molecule has 2 aliphatic heterocycles. The zero-order valence-corrected chi connectivity index (χ0v) is 32.5. The largest absolute Gasteiger partial charge is 0.438 e. The Kier molecular flexibility index (Phi) is 14.6. The van der Waals surface area contributed by atoms with Crippen LogP contribution in [-0.4, -0.2) is 91.5 Å². The predicted molar refractivity (Wildman–Crippen MR) is 205 cm³/mol. The number of nitrogens with one attached hydrogen (secondary N) is 3. The van der Waals surface area contributed by atoms with E-state index in [0.717, 1.165) is 60.2 Å². The molecule has 288 valence electrons. The van der Waals surface area contributed by atoms with Crippen molar-refractivity contribution in [1.29, 1.82) is 0 Å². The number of hydrogen-bond acceptors (Lipinski definition) is 11. The maximum absolute atomic E-state index is 13.8. The van der Waals surface area contributed by atoms with Crippen LogP contribution in [0, 0.1) is 11.6 Å². The third-order valence-electron chi connectivity index (χ3n) is 8.57. The third kappa shape index (κ3) is 11.9. The number of amides is 2. The monoisotopic (exact) mass is 800 g/mol. The average molecular weight is 801 g/mol. The van der Waals surface area contributed by atoms with Crippen LogP contribution in [0.1, 0.15) is 46.4 Å². The fourth-order valence-corrected chi connectivity index (χ4v) is 7.49. The fourth-order valence-electron chi connectivity index (χ4n) is 5.72. The molecule has 0 spiro atoms. The number of aromatic nitrogens is 2. The lowest BCUT2D eigenvalue weighted by molar-refractivity contribution is 0.0913. The second-order valence-corrected chi connectivity index (χ2v) is 16.2. The lowest BCUT2D eigenvalue weighted by Crippen LogP contribution is -2.46. The van der Waals surface area contributed by atoms with Crippen LogP contribution in [0.3, 0.4) is 0 Å². The summed E-state index contributed by atoms with van der Waals surface area (Å²) >= 11 is 3.13. The second-order valence-electron chi connectivity index (χ2n) is 12.5. The topological polar surface area (TPSA) is 152 Å². The zero-order chi connectivity index (χ0) is 38.7. The van der Waals surface area contributed by atoms with Gasteiger partial charge >= 0.3 is 0 Å². The van der Waals surface area contributed by atoms with Crippen LogP contribution in [0.25, 0.3) is 0 Å². The molecule has 6 rings (SSSR count). The Hall–Kier alpha value is -4.29. The zero-order valence-electron chi connectivity index (χ0n) is 30.0. The van der Waals surface area contributed by atoms with E-state index in [0.29, 0.717) is 37.4 Å². The Balaban J connectivity index is 0.000000210. The number of nitrogens with zero attached hydrogens (tertiary/aromatic N) is 3. The summed E-state index contributed by atoms with van der Waals surface area (Å²) < 4.78 is 63.5. The maximum atomic E-state index is 13.8. The molecule has 0 bridgehead atoms. The van der Waals surface area contributed by atoms with Crippen molar-refractivity contribution in [3.8, 4) is 23.3 Å². The Morgan fingerprint density at radius 3 is 1.63 bits per heavy atom. The van der Waals surface area contributed by atoms with Gasteiger partial charge in [0.25, 0.3) is 11.8 Å². The highest BCUT2D eigenvalue weighted by Crippen LogP contribution is 2.29. The highest BCUT2D eigenvalue weighted by atomic mass is 32.2. The summed E-state index contributed by atoms with van der Waals surface area (Å²) in [5.74, 6) is -0.927. The van der Waals surface area contributed by atoms with Crippen molar-refractivity contribution in [2.45, 2.75) is 47.6 Å². The molecule has 0 aliphatic carbocycles. The number of pyridine rings is 2. The summed E-state index contributed by atoms with van der Waals surface area (Å²) in [7, 11) is -3.24. The lowest BCUT2D eigenvalue weighted by atomic mass is 10.1. The molecule has 0 atom stereocenters. The van der Waals surface area contributed by atoms with E-state index in [1.165, 1.54) is 10.6 Å². The molecule has 54 heavy (non-hydrogen) atoms. The quantitative estimate of drug-likeness (QED) is 0.151. The summed E-state index contributed by atoms with van der Waals surface area (Å²) in [5.41, 5.74) is 0.0955. The summed E-state index contributed by atoms with van der Waals surface area (Å²) in [6.45, 7) is 2.38. The summed E-state index contributed by atoms with van der Waals surface area (Å²) in [4.78, 5) is 35.2. The summed E-state index contributed by atoms with van der Waals surface area (Å²) in [6, 6.07) is 16.8. The molecule has 0 radical (unpaired) electrons. The normalized spacial score (nSPS) is 15.4. The van der Waals surface area contributed by atoms with Gasteiger partial charge in [0, 0.05) is 35.0 Å². The summed E-state index contributed by atoms with van der Waals surface area (Å²) in [6.07, 6.45) is 9.77. The number of ether oxygens (including phenoxy) is 2. The minimum Gasteiger partial charge on any atom is -0.438 e. The molecule has 4 heterocycles. The fraction of sp³-hybridized carbons (Fsp3) is 0.351. The van der Waals surface area contributed by atoms with Gasteiger partial charge in [0.05, 0.1) is 18.6 Å². The van der Waals surface area contributed by atoms with Crippen LogP contribution in [0.15, 0.2) is 82.8 Å². The van der Waals surface area contributed by atoms with Crippen molar-refractivity contribution < 1.29 is 36.3 Å².